The minimum absolute atomic E-state index is 0.128. The number of anilines is 1. The number of carbonyl (C=O) groups excluding carboxylic acids is 2. The van der Waals surface area contributed by atoms with Crippen molar-refractivity contribution in [2.45, 2.75) is 26.4 Å². The zero-order valence-corrected chi connectivity index (χ0v) is 14.2. The molecule has 2 aromatic rings. The standard InChI is InChI=1S/C18H23N3O3/c1-13-6-4-7-15(10-13)20-18(23)14(2)21(3)12-17(22)19-11-16-8-5-9-24-16/h4-10,14H,11-12H2,1-3H3,(H,19,22)(H,20,23). The van der Waals surface area contributed by atoms with Gasteiger partial charge in [-0.25, -0.2) is 0 Å². The zero-order valence-electron chi connectivity index (χ0n) is 14.2. The number of benzene rings is 1. The maximum atomic E-state index is 12.3. The molecule has 1 aromatic heterocycles. The van der Waals surface area contributed by atoms with E-state index in [1.165, 1.54) is 0 Å². The number of aryl methyl sites for hydroxylation is 1. The van der Waals surface area contributed by atoms with Crippen LogP contribution in [0.4, 0.5) is 5.69 Å². The highest BCUT2D eigenvalue weighted by molar-refractivity contribution is 5.95. The number of nitrogens with zero attached hydrogens (tertiary/aromatic N) is 1. The molecular formula is C18H23N3O3. The quantitative estimate of drug-likeness (QED) is 0.816. The summed E-state index contributed by atoms with van der Waals surface area (Å²) in [4.78, 5) is 25.9. The van der Waals surface area contributed by atoms with E-state index in [1.807, 2.05) is 31.2 Å². The fourth-order valence-electron chi connectivity index (χ4n) is 2.19. The predicted octanol–water partition coefficient (Wildman–Crippen LogP) is 2.16. The van der Waals surface area contributed by atoms with Crippen LogP contribution in [0.3, 0.4) is 0 Å². The average molecular weight is 329 g/mol. The molecule has 2 N–H and O–H groups in total. The molecule has 1 aromatic carbocycles. The van der Waals surface area contributed by atoms with E-state index < -0.39 is 6.04 Å². The molecule has 6 heteroatoms. The van der Waals surface area contributed by atoms with E-state index in [9.17, 15) is 9.59 Å². The van der Waals surface area contributed by atoms with Crippen molar-refractivity contribution in [1.82, 2.24) is 10.2 Å². The molecule has 0 bridgehead atoms. The second-order valence-electron chi connectivity index (χ2n) is 5.81. The van der Waals surface area contributed by atoms with E-state index in [1.54, 1.807) is 37.3 Å². The molecule has 0 aliphatic heterocycles. The van der Waals surface area contributed by atoms with Gasteiger partial charge < -0.3 is 15.1 Å². The molecule has 24 heavy (non-hydrogen) atoms. The summed E-state index contributed by atoms with van der Waals surface area (Å²) >= 11 is 0. The molecular weight excluding hydrogens is 306 g/mol. The van der Waals surface area contributed by atoms with E-state index in [4.69, 9.17) is 4.42 Å². The summed E-state index contributed by atoms with van der Waals surface area (Å²) in [5, 5.41) is 5.62. The summed E-state index contributed by atoms with van der Waals surface area (Å²) in [6.07, 6.45) is 1.56. The molecule has 0 spiro atoms. The Bertz CT molecular complexity index is 683. The van der Waals surface area contributed by atoms with Crippen molar-refractivity contribution in [3.63, 3.8) is 0 Å². The Morgan fingerprint density at radius 2 is 2.04 bits per heavy atom. The lowest BCUT2D eigenvalue weighted by Gasteiger charge is -2.23. The lowest BCUT2D eigenvalue weighted by molar-refractivity contribution is -0.125. The maximum absolute atomic E-state index is 12.3. The molecule has 0 fully saturated rings. The molecule has 0 aliphatic rings. The number of furan rings is 1. The number of likely N-dealkylation sites (N-methyl/N-ethyl adjacent to an activating group) is 1. The zero-order chi connectivity index (χ0) is 17.5. The van der Waals surface area contributed by atoms with Crippen molar-refractivity contribution in [3.8, 4) is 0 Å². The van der Waals surface area contributed by atoms with Crippen molar-refractivity contribution >= 4 is 17.5 Å². The van der Waals surface area contributed by atoms with Crippen LogP contribution in [0.2, 0.25) is 0 Å². The Morgan fingerprint density at radius 3 is 2.71 bits per heavy atom. The summed E-state index contributed by atoms with van der Waals surface area (Å²) in [6, 6.07) is 10.7. The molecule has 2 amide bonds. The van der Waals surface area contributed by atoms with Crippen LogP contribution in [0.5, 0.6) is 0 Å². The third-order valence-electron chi connectivity index (χ3n) is 3.76. The molecule has 1 unspecified atom stereocenters. The Balaban J connectivity index is 1.80. The maximum Gasteiger partial charge on any atom is 0.241 e. The van der Waals surface area contributed by atoms with Gasteiger partial charge in [-0.05, 0) is 50.7 Å². The van der Waals surface area contributed by atoms with E-state index >= 15 is 0 Å². The second-order valence-corrected chi connectivity index (χ2v) is 5.81. The minimum atomic E-state index is -0.431. The van der Waals surface area contributed by atoms with Gasteiger partial charge in [0.05, 0.1) is 25.4 Å². The first kappa shape index (κ1) is 17.7. The molecule has 6 nitrogen and oxygen atoms in total. The van der Waals surface area contributed by atoms with Gasteiger partial charge in [-0.2, -0.15) is 0 Å². The van der Waals surface area contributed by atoms with Gasteiger partial charge in [-0.3, -0.25) is 14.5 Å². The molecule has 1 heterocycles. The summed E-state index contributed by atoms with van der Waals surface area (Å²) in [6.45, 7) is 4.20. The molecule has 0 radical (unpaired) electrons. The normalized spacial score (nSPS) is 12.0. The Kier molecular flexibility index (Phi) is 6.14. The predicted molar refractivity (Wildman–Crippen MR) is 92.5 cm³/mol. The van der Waals surface area contributed by atoms with Gasteiger partial charge in [-0.1, -0.05) is 12.1 Å². The largest absolute Gasteiger partial charge is 0.467 e. The van der Waals surface area contributed by atoms with Crippen LogP contribution in [0.15, 0.2) is 47.1 Å². The monoisotopic (exact) mass is 329 g/mol. The molecule has 0 aliphatic carbocycles. The lowest BCUT2D eigenvalue weighted by atomic mass is 10.2. The first-order chi connectivity index (χ1) is 11.5. The van der Waals surface area contributed by atoms with Crippen LogP contribution in [0.25, 0.3) is 0 Å². The average Bonchev–Trinajstić information content (AvgIpc) is 3.05. The smallest absolute Gasteiger partial charge is 0.241 e. The van der Waals surface area contributed by atoms with Crippen molar-refractivity contribution in [1.29, 1.82) is 0 Å². The Labute approximate surface area is 141 Å². The number of hydrogen-bond acceptors (Lipinski definition) is 4. The lowest BCUT2D eigenvalue weighted by Crippen LogP contribution is -2.44. The van der Waals surface area contributed by atoms with Crippen molar-refractivity contribution in [3.05, 3.63) is 54.0 Å². The van der Waals surface area contributed by atoms with Crippen LogP contribution in [0, 0.1) is 6.92 Å². The number of rotatable bonds is 7. The number of hydrogen-bond donors (Lipinski definition) is 2. The van der Waals surface area contributed by atoms with Crippen molar-refractivity contribution in [2.24, 2.45) is 0 Å². The van der Waals surface area contributed by atoms with Gasteiger partial charge in [0.25, 0.3) is 0 Å². The van der Waals surface area contributed by atoms with E-state index in [0.717, 1.165) is 11.3 Å². The molecule has 2 rings (SSSR count). The first-order valence-corrected chi connectivity index (χ1v) is 7.82. The van der Waals surface area contributed by atoms with Gasteiger partial charge in [0.1, 0.15) is 5.76 Å². The summed E-state index contributed by atoms with van der Waals surface area (Å²) < 4.78 is 5.16. The Morgan fingerprint density at radius 1 is 1.25 bits per heavy atom. The minimum Gasteiger partial charge on any atom is -0.467 e. The number of amides is 2. The summed E-state index contributed by atoms with van der Waals surface area (Å²) in [5.41, 5.74) is 1.83. The molecule has 0 saturated heterocycles. The molecule has 1 atom stereocenters. The van der Waals surface area contributed by atoms with Crippen LogP contribution in [-0.2, 0) is 16.1 Å². The summed E-state index contributed by atoms with van der Waals surface area (Å²) in [7, 11) is 1.74. The van der Waals surface area contributed by atoms with Crippen molar-refractivity contribution < 1.29 is 14.0 Å². The van der Waals surface area contributed by atoms with Crippen molar-refractivity contribution in [2.75, 3.05) is 18.9 Å². The highest BCUT2D eigenvalue weighted by atomic mass is 16.3. The van der Waals surface area contributed by atoms with Crippen LogP contribution in [0.1, 0.15) is 18.2 Å². The van der Waals surface area contributed by atoms with Gasteiger partial charge in [-0.15, -0.1) is 0 Å². The van der Waals surface area contributed by atoms with Gasteiger partial charge >= 0.3 is 0 Å². The van der Waals surface area contributed by atoms with Gasteiger partial charge in [0.15, 0.2) is 0 Å². The molecule has 128 valence electrons. The van der Waals surface area contributed by atoms with Gasteiger partial charge in [0, 0.05) is 5.69 Å². The molecule has 0 saturated carbocycles. The fourth-order valence-corrected chi connectivity index (χ4v) is 2.19. The number of carbonyl (C=O) groups is 2. The number of nitrogens with one attached hydrogen (secondary N) is 2. The van der Waals surface area contributed by atoms with Crippen LogP contribution < -0.4 is 10.6 Å². The fraction of sp³-hybridized carbons (Fsp3) is 0.333. The van der Waals surface area contributed by atoms with Gasteiger partial charge in [0.2, 0.25) is 11.8 Å². The van der Waals surface area contributed by atoms with E-state index in [2.05, 4.69) is 10.6 Å². The van der Waals surface area contributed by atoms with E-state index in [-0.39, 0.29) is 18.4 Å². The van der Waals surface area contributed by atoms with E-state index in [0.29, 0.717) is 12.3 Å². The van der Waals surface area contributed by atoms with Crippen LogP contribution in [-0.4, -0.2) is 36.3 Å². The topological polar surface area (TPSA) is 74.6 Å². The summed E-state index contributed by atoms with van der Waals surface area (Å²) in [5.74, 6) is 0.377. The van der Waals surface area contributed by atoms with Crippen LogP contribution >= 0.6 is 0 Å². The third-order valence-corrected chi connectivity index (χ3v) is 3.76. The Hall–Kier alpha value is -2.60. The highest BCUT2D eigenvalue weighted by Crippen LogP contribution is 2.10. The third kappa shape index (κ3) is 5.24. The second kappa shape index (κ2) is 8.31. The SMILES string of the molecule is Cc1cccc(NC(=O)C(C)N(C)CC(=O)NCc2ccco2)c1. The highest BCUT2D eigenvalue weighted by Gasteiger charge is 2.20. The first-order valence-electron chi connectivity index (χ1n) is 7.82.